The summed E-state index contributed by atoms with van der Waals surface area (Å²) in [5.41, 5.74) is 0. The van der Waals surface area contributed by atoms with Gasteiger partial charge in [0, 0.05) is 6.54 Å². The third-order valence-corrected chi connectivity index (χ3v) is 2.13. The lowest BCUT2D eigenvalue weighted by molar-refractivity contribution is 0.346. The quantitative estimate of drug-likeness (QED) is 0.613. The molecule has 0 aromatic carbocycles. The minimum Gasteiger partial charge on any atom is -0.303 e. The van der Waals surface area contributed by atoms with E-state index in [1.165, 1.54) is 32.5 Å². The first-order valence-corrected chi connectivity index (χ1v) is 4.46. The molecule has 0 spiro atoms. The molecule has 10 heavy (non-hydrogen) atoms. The third-order valence-electron chi connectivity index (χ3n) is 1.92. The maximum Gasteiger partial charge on any atom is 0.00162 e. The third kappa shape index (κ3) is 2.76. The molecule has 1 fully saturated rings. The predicted molar refractivity (Wildman–Crippen MR) is 48.4 cm³/mol. The molecule has 0 radical (unpaired) electrons. The lowest BCUT2D eigenvalue weighted by atomic mass is 10.4. The molecule has 1 nitrogen and oxygen atoms in total. The Kier molecular flexibility index (Phi) is 3.91. The Bertz CT molecular complexity index is 106. The molecule has 1 aliphatic heterocycles. The van der Waals surface area contributed by atoms with Crippen molar-refractivity contribution >= 4 is 12.6 Å². The minimum atomic E-state index is 1.16. The van der Waals surface area contributed by atoms with Gasteiger partial charge in [-0.1, -0.05) is 6.08 Å². The number of hydrogen-bond donors (Lipinski definition) is 1. The molecule has 0 amide bonds. The number of likely N-dealkylation sites (tertiary alicyclic amines) is 1. The van der Waals surface area contributed by atoms with Gasteiger partial charge in [0.1, 0.15) is 0 Å². The fourth-order valence-electron chi connectivity index (χ4n) is 1.34. The fourth-order valence-corrected chi connectivity index (χ4v) is 1.49. The average Bonchev–Trinajstić information content (AvgIpc) is 2.41. The lowest BCUT2D eigenvalue weighted by Gasteiger charge is -2.11. The van der Waals surface area contributed by atoms with Crippen LogP contribution >= 0.6 is 12.6 Å². The van der Waals surface area contributed by atoms with Gasteiger partial charge in [-0.05, 0) is 37.8 Å². The van der Waals surface area contributed by atoms with Crippen LogP contribution in [0.25, 0.3) is 0 Å². The van der Waals surface area contributed by atoms with E-state index >= 15 is 0 Å². The number of rotatable bonds is 3. The molecule has 1 heterocycles. The molecule has 1 rings (SSSR count). The van der Waals surface area contributed by atoms with E-state index in [0.717, 1.165) is 6.42 Å². The van der Waals surface area contributed by atoms with E-state index in [1.807, 2.05) is 5.41 Å². The van der Waals surface area contributed by atoms with E-state index < -0.39 is 0 Å². The molecule has 0 N–H and O–H groups in total. The van der Waals surface area contributed by atoms with Crippen LogP contribution in [-0.2, 0) is 0 Å². The Balaban J connectivity index is 2.01. The molecule has 0 aliphatic carbocycles. The smallest absolute Gasteiger partial charge is 0.00162 e. The summed E-state index contributed by atoms with van der Waals surface area (Å²) in [6.45, 7) is 3.83. The highest BCUT2D eigenvalue weighted by molar-refractivity contribution is 7.83. The van der Waals surface area contributed by atoms with E-state index in [4.69, 9.17) is 0 Å². The molecule has 0 unspecified atom stereocenters. The predicted octanol–water partition coefficient (Wildman–Crippen LogP) is 1.92. The Morgan fingerprint density at radius 3 is 2.60 bits per heavy atom. The summed E-state index contributed by atoms with van der Waals surface area (Å²) in [5.74, 6) is 0. The summed E-state index contributed by atoms with van der Waals surface area (Å²) in [6.07, 6.45) is 6.06. The molecule has 0 aromatic heterocycles. The summed E-state index contributed by atoms with van der Waals surface area (Å²) < 4.78 is 0. The van der Waals surface area contributed by atoms with E-state index in [2.05, 4.69) is 23.6 Å². The van der Waals surface area contributed by atoms with Crippen molar-refractivity contribution in [3.8, 4) is 0 Å². The summed E-state index contributed by atoms with van der Waals surface area (Å²) in [6, 6.07) is 0. The maximum absolute atomic E-state index is 4.00. The van der Waals surface area contributed by atoms with Crippen molar-refractivity contribution in [3.05, 3.63) is 11.5 Å². The van der Waals surface area contributed by atoms with Gasteiger partial charge >= 0.3 is 0 Å². The van der Waals surface area contributed by atoms with Crippen LogP contribution in [0.2, 0.25) is 0 Å². The zero-order chi connectivity index (χ0) is 7.23. The number of thiol groups is 1. The molecule has 0 saturated carbocycles. The van der Waals surface area contributed by atoms with Crippen LogP contribution in [0, 0.1) is 0 Å². The summed E-state index contributed by atoms with van der Waals surface area (Å²) >= 11 is 4.00. The Morgan fingerprint density at radius 1 is 1.30 bits per heavy atom. The second-order valence-electron chi connectivity index (χ2n) is 2.72. The van der Waals surface area contributed by atoms with Gasteiger partial charge < -0.3 is 4.90 Å². The highest BCUT2D eigenvalue weighted by Crippen LogP contribution is 2.07. The zero-order valence-corrected chi connectivity index (χ0v) is 7.19. The van der Waals surface area contributed by atoms with Crippen molar-refractivity contribution in [2.75, 3.05) is 19.6 Å². The highest BCUT2D eigenvalue weighted by Gasteiger charge is 2.08. The molecule has 0 bridgehead atoms. The molecule has 2 heteroatoms. The van der Waals surface area contributed by atoms with Crippen molar-refractivity contribution in [2.24, 2.45) is 0 Å². The molecule has 0 aromatic rings. The fraction of sp³-hybridized carbons (Fsp3) is 0.750. The van der Waals surface area contributed by atoms with Gasteiger partial charge in [0.2, 0.25) is 0 Å². The maximum atomic E-state index is 4.00. The summed E-state index contributed by atoms with van der Waals surface area (Å²) in [5, 5.41) is 1.83. The molecule has 1 saturated heterocycles. The highest BCUT2D eigenvalue weighted by atomic mass is 32.1. The van der Waals surface area contributed by atoms with Gasteiger partial charge in [0.25, 0.3) is 0 Å². The van der Waals surface area contributed by atoms with Gasteiger partial charge in [-0.15, -0.1) is 0 Å². The van der Waals surface area contributed by atoms with Gasteiger partial charge in [-0.2, -0.15) is 12.6 Å². The summed E-state index contributed by atoms with van der Waals surface area (Å²) in [4.78, 5) is 2.51. The van der Waals surface area contributed by atoms with Gasteiger partial charge in [-0.25, -0.2) is 0 Å². The van der Waals surface area contributed by atoms with E-state index in [1.54, 1.807) is 0 Å². The normalized spacial score (nSPS) is 20.9. The Labute approximate surface area is 68.5 Å². The van der Waals surface area contributed by atoms with E-state index in [9.17, 15) is 0 Å². The first-order valence-electron chi connectivity index (χ1n) is 3.95. The Morgan fingerprint density at radius 2 is 2.00 bits per heavy atom. The van der Waals surface area contributed by atoms with Crippen LogP contribution < -0.4 is 0 Å². The van der Waals surface area contributed by atoms with Crippen molar-refractivity contribution in [3.63, 3.8) is 0 Å². The molecule has 0 atom stereocenters. The number of hydrogen-bond acceptors (Lipinski definition) is 2. The SMILES string of the molecule is S/C=C/CCN1CCCC1. The molecular weight excluding hydrogens is 142 g/mol. The standard InChI is InChI=1S/C8H15NS/c10-8-4-3-7-9-5-1-2-6-9/h4,8,10H,1-3,5-7H2/b8-4+. The van der Waals surface area contributed by atoms with Crippen LogP contribution in [0.15, 0.2) is 11.5 Å². The average molecular weight is 157 g/mol. The van der Waals surface area contributed by atoms with Gasteiger partial charge in [-0.3, -0.25) is 0 Å². The molecule has 58 valence electrons. The number of nitrogens with zero attached hydrogens (tertiary/aromatic N) is 1. The van der Waals surface area contributed by atoms with Crippen molar-refractivity contribution in [2.45, 2.75) is 19.3 Å². The second kappa shape index (κ2) is 4.80. The van der Waals surface area contributed by atoms with Crippen LogP contribution in [0.3, 0.4) is 0 Å². The van der Waals surface area contributed by atoms with Crippen LogP contribution in [-0.4, -0.2) is 24.5 Å². The van der Waals surface area contributed by atoms with Crippen molar-refractivity contribution in [1.82, 2.24) is 4.90 Å². The Hall–Kier alpha value is 0.0500. The van der Waals surface area contributed by atoms with Gasteiger partial charge in [0.15, 0.2) is 0 Å². The first kappa shape index (κ1) is 8.15. The topological polar surface area (TPSA) is 3.24 Å². The molecule has 1 aliphatic rings. The van der Waals surface area contributed by atoms with E-state index in [-0.39, 0.29) is 0 Å². The summed E-state index contributed by atoms with van der Waals surface area (Å²) in [7, 11) is 0. The van der Waals surface area contributed by atoms with Crippen LogP contribution in [0.5, 0.6) is 0 Å². The monoisotopic (exact) mass is 157 g/mol. The van der Waals surface area contributed by atoms with Crippen LogP contribution in [0.4, 0.5) is 0 Å². The van der Waals surface area contributed by atoms with E-state index in [0.29, 0.717) is 0 Å². The van der Waals surface area contributed by atoms with Crippen molar-refractivity contribution < 1.29 is 0 Å². The second-order valence-corrected chi connectivity index (χ2v) is 3.02. The van der Waals surface area contributed by atoms with Crippen LogP contribution in [0.1, 0.15) is 19.3 Å². The lowest BCUT2D eigenvalue weighted by Crippen LogP contribution is -2.19. The molecular formula is C8H15NS. The van der Waals surface area contributed by atoms with Gasteiger partial charge in [0.05, 0.1) is 0 Å². The van der Waals surface area contributed by atoms with Crippen molar-refractivity contribution in [1.29, 1.82) is 0 Å². The zero-order valence-electron chi connectivity index (χ0n) is 6.29. The minimum absolute atomic E-state index is 1.16. The first-order chi connectivity index (χ1) is 4.93. The largest absolute Gasteiger partial charge is 0.303 e.